The molecular formula is C19H41IN4O2. The molecule has 0 spiro atoms. The van der Waals surface area contributed by atoms with E-state index in [4.69, 9.17) is 9.47 Å². The fourth-order valence-corrected chi connectivity index (χ4v) is 3.34. The predicted molar refractivity (Wildman–Crippen MR) is 121 cm³/mol. The van der Waals surface area contributed by atoms with Gasteiger partial charge in [-0.15, -0.1) is 24.0 Å². The van der Waals surface area contributed by atoms with Gasteiger partial charge in [-0.25, -0.2) is 0 Å². The van der Waals surface area contributed by atoms with E-state index in [1.54, 1.807) is 0 Å². The second-order valence-electron chi connectivity index (χ2n) is 7.21. The maximum atomic E-state index is 5.55. The second kappa shape index (κ2) is 17.0. The topological polar surface area (TPSA) is 58.1 Å². The van der Waals surface area contributed by atoms with Crippen LogP contribution in [0, 0.1) is 11.8 Å². The lowest BCUT2D eigenvalue weighted by Crippen LogP contribution is -2.45. The molecule has 2 unspecified atom stereocenters. The smallest absolute Gasteiger partial charge is 0.191 e. The first-order chi connectivity index (χ1) is 12.2. The average molecular weight is 484 g/mol. The number of rotatable bonds is 12. The number of aliphatic imine (C=N–C) groups is 1. The number of guanidine groups is 1. The summed E-state index contributed by atoms with van der Waals surface area (Å²) >= 11 is 0. The van der Waals surface area contributed by atoms with Crippen molar-refractivity contribution < 1.29 is 9.47 Å². The normalized spacial score (nSPS) is 21.3. The molecule has 1 saturated heterocycles. The molecule has 0 bridgehead atoms. The van der Waals surface area contributed by atoms with E-state index in [1.165, 1.54) is 25.9 Å². The van der Waals surface area contributed by atoms with Crippen LogP contribution >= 0.6 is 24.0 Å². The third kappa shape index (κ3) is 13.1. The first-order valence-electron chi connectivity index (χ1n) is 9.98. The van der Waals surface area contributed by atoms with E-state index in [9.17, 15) is 0 Å². The van der Waals surface area contributed by atoms with E-state index in [0.29, 0.717) is 19.8 Å². The molecule has 1 heterocycles. The van der Waals surface area contributed by atoms with Crippen molar-refractivity contribution in [1.82, 2.24) is 15.5 Å². The molecule has 1 fully saturated rings. The van der Waals surface area contributed by atoms with Crippen LogP contribution in [0.15, 0.2) is 4.99 Å². The van der Waals surface area contributed by atoms with Crippen LogP contribution in [0.3, 0.4) is 0 Å². The van der Waals surface area contributed by atoms with Crippen molar-refractivity contribution in [3.8, 4) is 0 Å². The summed E-state index contributed by atoms with van der Waals surface area (Å²) in [7, 11) is 1.81. The minimum Gasteiger partial charge on any atom is -0.379 e. The molecule has 26 heavy (non-hydrogen) atoms. The quantitative estimate of drug-likeness (QED) is 0.193. The fraction of sp³-hybridized carbons (Fsp3) is 0.947. The molecule has 6 nitrogen and oxygen atoms in total. The highest BCUT2D eigenvalue weighted by Gasteiger charge is 2.21. The van der Waals surface area contributed by atoms with E-state index in [1.807, 2.05) is 7.05 Å². The largest absolute Gasteiger partial charge is 0.379 e. The van der Waals surface area contributed by atoms with Gasteiger partial charge < -0.3 is 25.0 Å². The molecule has 0 saturated carbocycles. The molecule has 2 N–H and O–H groups in total. The van der Waals surface area contributed by atoms with Gasteiger partial charge in [0.15, 0.2) is 5.96 Å². The number of unbranched alkanes of at least 4 members (excludes halogenated alkanes) is 1. The zero-order valence-electron chi connectivity index (χ0n) is 17.3. The van der Waals surface area contributed by atoms with Crippen LogP contribution in [0.25, 0.3) is 0 Å². The molecular weight excluding hydrogens is 443 g/mol. The van der Waals surface area contributed by atoms with Crippen LogP contribution in [-0.4, -0.2) is 77.1 Å². The number of piperidine rings is 1. The van der Waals surface area contributed by atoms with Gasteiger partial charge in [0.05, 0.1) is 19.8 Å². The Kier molecular flexibility index (Phi) is 16.9. The van der Waals surface area contributed by atoms with Gasteiger partial charge in [0.25, 0.3) is 0 Å². The summed E-state index contributed by atoms with van der Waals surface area (Å²) in [5.41, 5.74) is 0. The fourth-order valence-electron chi connectivity index (χ4n) is 3.34. The SMILES string of the molecule is CCCCOCCOCCNC(=NC)NCCN1CC(C)CC(C)C1.I. The van der Waals surface area contributed by atoms with Crippen molar-refractivity contribution in [3.05, 3.63) is 0 Å². The Labute approximate surface area is 177 Å². The summed E-state index contributed by atoms with van der Waals surface area (Å²) in [6.45, 7) is 14.9. The third-order valence-electron chi connectivity index (χ3n) is 4.44. The van der Waals surface area contributed by atoms with Crippen LogP contribution in [-0.2, 0) is 9.47 Å². The highest BCUT2D eigenvalue weighted by atomic mass is 127. The summed E-state index contributed by atoms with van der Waals surface area (Å²) in [6.07, 6.45) is 3.66. The molecule has 156 valence electrons. The molecule has 0 aromatic rings. The molecule has 0 radical (unpaired) electrons. The Balaban J connectivity index is 0.00000625. The molecule has 0 aliphatic carbocycles. The lowest BCUT2D eigenvalue weighted by molar-refractivity contribution is 0.0487. The molecule has 1 aliphatic heterocycles. The predicted octanol–water partition coefficient (Wildman–Crippen LogP) is 2.58. The lowest BCUT2D eigenvalue weighted by atomic mass is 9.92. The molecule has 1 aliphatic rings. The van der Waals surface area contributed by atoms with Crippen molar-refractivity contribution in [2.45, 2.75) is 40.0 Å². The van der Waals surface area contributed by atoms with Gasteiger partial charge in [0.2, 0.25) is 0 Å². The molecule has 0 aromatic heterocycles. The summed E-state index contributed by atoms with van der Waals surface area (Å²) < 4.78 is 11.0. The number of likely N-dealkylation sites (tertiary alicyclic amines) is 1. The first-order valence-corrected chi connectivity index (χ1v) is 9.98. The average Bonchev–Trinajstić information content (AvgIpc) is 2.58. The minimum atomic E-state index is 0. The van der Waals surface area contributed by atoms with E-state index in [0.717, 1.165) is 50.5 Å². The Morgan fingerprint density at radius 1 is 1.00 bits per heavy atom. The maximum Gasteiger partial charge on any atom is 0.191 e. The standard InChI is InChI=1S/C19H40N4O2.HI/c1-5-6-10-24-12-13-25-11-8-22-19(20-4)21-7-9-23-15-17(2)14-18(3)16-23;/h17-18H,5-16H2,1-4H3,(H2,20,21,22);1H. The summed E-state index contributed by atoms with van der Waals surface area (Å²) in [5, 5.41) is 6.68. The van der Waals surface area contributed by atoms with E-state index >= 15 is 0 Å². The van der Waals surface area contributed by atoms with Crippen LogP contribution in [0.5, 0.6) is 0 Å². The molecule has 0 aromatic carbocycles. The maximum absolute atomic E-state index is 5.55. The monoisotopic (exact) mass is 484 g/mol. The van der Waals surface area contributed by atoms with Gasteiger partial charge in [-0.05, 0) is 24.7 Å². The summed E-state index contributed by atoms with van der Waals surface area (Å²) in [4.78, 5) is 6.82. The van der Waals surface area contributed by atoms with Gasteiger partial charge in [-0.3, -0.25) is 4.99 Å². The second-order valence-corrected chi connectivity index (χ2v) is 7.21. The minimum absolute atomic E-state index is 0. The number of ether oxygens (including phenoxy) is 2. The van der Waals surface area contributed by atoms with Crippen LogP contribution in [0.4, 0.5) is 0 Å². The van der Waals surface area contributed by atoms with E-state index in [-0.39, 0.29) is 24.0 Å². The number of nitrogens with zero attached hydrogens (tertiary/aromatic N) is 2. The number of nitrogens with one attached hydrogen (secondary N) is 2. The van der Waals surface area contributed by atoms with E-state index < -0.39 is 0 Å². The molecule has 7 heteroatoms. The highest BCUT2D eigenvalue weighted by Crippen LogP contribution is 2.20. The van der Waals surface area contributed by atoms with Crippen molar-refractivity contribution in [2.75, 3.05) is 66.2 Å². The highest BCUT2D eigenvalue weighted by molar-refractivity contribution is 14.0. The summed E-state index contributed by atoms with van der Waals surface area (Å²) in [5.74, 6) is 2.47. The number of halogens is 1. The van der Waals surface area contributed by atoms with Crippen LogP contribution in [0.2, 0.25) is 0 Å². The molecule has 2 atom stereocenters. The van der Waals surface area contributed by atoms with Crippen LogP contribution < -0.4 is 10.6 Å². The number of hydrogen-bond acceptors (Lipinski definition) is 4. The van der Waals surface area contributed by atoms with Gasteiger partial charge >= 0.3 is 0 Å². The van der Waals surface area contributed by atoms with Crippen molar-refractivity contribution in [1.29, 1.82) is 0 Å². The van der Waals surface area contributed by atoms with Gasteiger partial charge in [-0.2, -0.15) is 0 Å². The molecule has 0 amide bonds. The number of hydrogen-bond donors (Lipinski definition) is 2. The van der Waals surface area contributed by atoms with E-state index in [2.05, 4.69) is 41.3 Å². The van der Waals surface area contributed by atoms with Crippen molar-refractivity contribution in [2.24, 2.45) is 16.8 Å². The van der Waals surface area contributed by atoms with Crippen molar-refractivity contribution >= 4 is 29.9 Å². The third-order valence-corrected chi connectivity index (χ3v) is 4.44. The Bertz CT molecular complexity index is 348. The Morgan fingerprint density at radius 2 is 1.62 bits per heavy atom. The van der Waals surface area contributed by atoms with Crippen molar-refractivity contribution in [3.63, 3.8) is 0 Å². The Morgan fingerprint density at radius 3 is 2.23 bits per heavy atom. The van der Waals surface area contributed by atoms with Gasteiger partial charge in [-0.1, -0.05) is 27.2 Å². The zero-order valence-corrected chi connectivity index (χ0v) is 19.6. The zero-order chi connectivity index (χ0) is 18.3. The first kappa shape index (κ1) is 25.9. The lowest BCUT2D eigenvalue weighted by Gasteiger charge is -2.35. The molecule has 1 rings (SSSR count). The van der Waals surface area contributed by atoms with Gasteiger partial charge in [0, 0.05) is 46.4 Å². The van der Waals surface area contributed by atoms with Gasteiger partial charge in [0.1, 0.15) is 0 Å². The van der Waals surface area contributed by atoms with Crippen LogP contribution in [0.1, 0.15) is 40.0 Å². The summed E-state index contributed by atoms with van der Waals surface area (Å²) in [6, 6.07) is 0. The Hall–Kier alpha value is -0.120.